The van der Waals surface area contributed by atoms with E-state index in [1.54, 1.807) is 0 Å². The monoisotopic (exact) mass is 393 g/mol. The van der Waals surface area contributed by atoms with Gasteiger partial charge in [0.25, 0.3) is 0 Å². The Labute approximate surface area is 156 Å². The summed E-state index contributed by atoms with van der Waals surface area (Å²) in [5.41, 5.74) is 1.31. The highest BCUT2D eigenvalue weighted by Gasteiger charge is 2.53. The lowest BCUT2D eigenvalue weighted by Crippen LogP contribution is -3.00. The van der Waals surface area contributed by atoms with Gasteiger partial charge in [0.05, 0.1) is 30.7 Å². The topological polar surface area (TPSA) is 26.3 Å². The molecule has 1 aromatic rings. The Morgan fingerprint density at radius 1 is 1.17 bits per heavy atom. The summed E-state index contributed by atoms with van der Waals surface area (Å²) in [6.45, 7) is 8.55. The van der Waals surface area contributed by atoms with Gasteiger partial charge in [0.15, 0.2) is 0 Å². The van der Waals surface area contributed by atoms with E-state index in [1.807, 2.05) is 30.3 Å². The van der Waals surface area contributed by atoms with Crippen molar-refractivity contribution in [2.24, 2.45) is 0 Å². The van der Waals surface area contributed by atoms with Crippen molar-refractivity contribution in [3.05, 3.63) is 42.5 Å². The molecule has 132 valence electrons. The molecule has 2 fully saturated rings. The van der Waals surface area contributed by atoms with Gasteiger partial charge in [-0.05, 0) is 19.4 Å². The van der Waals surface area contributed by atoms with E-state index in [2.05, 4.69) is 27.5 Å². The summed E-state index contributed by atoms with van der Waals surface area (Å²) in [6, 6.07) is 11.4. The third kappa shape index (κ3) is 3.31. The predicted octanol–water partition coefficient (Wildman–Crippen LogP) is 0.795. The first-order chi connectivity index (χ1) is 10.9. The van der Waals surface area contributed by atoms with Crippen LogP contribution in [0.5, 0.6) is 0 Å². The van der Waals surface area contributed by atoms with Crippen molar-refractivity contribution in [1.29, 1.82) is 0 Å². The maximum atomic E-state index is 12.4. The lowest BCUT2D eigenvalue weighted by Gasteiger charge is -2.49. The lowest BCUT2D eigenvalue weighted by molar-refractivity contribution is -0.968. The van der Waals surface area contributed by atoms with Crippen LogP contribution in [0.4, 0.5) is 0 Å². The van der Waals surface area contributed by atoms with E-state index in [1.165, 1.54) is 12.8 Å². The lowest BCUT2D eigenvalue weighted by atomic mass is 9.94. The van der Waals surface area contributed by atoms with Crippen LogP contribution >= 0.6 is 0 Å². The number of piperidine rings is 1. The maximum Gasteiger partial charge on any atom is 0.338 e. The summed E-state index contributed by atoms with van der Waals surface area (Å²) in [5.74, 6) is -0.263. The second-order valence-electron chi connectivity index (χ2n) is 7.54. The van der Waals surface area contributed by atoms with Gasteiger partial charge in [0.1, 0.15) is 6.10 Å². The molecule has 24 heavy (non-hydrogen) atoms. The van der Waals surface area contributed by atoms with Crippen LogP contribution < -0.4 is 17.0 Å². The minimum Gasteiger partial charge on any atom is -1.00 e. The minimum absolute atomic E-state index is 0. The molecule has 2 saturated heterocycles. The average molecular weight is 394 g/mol. The normalized spacial score (nSPS) is 31.4. The molecule has 0 saturated carbocycles. The molecule has 3 rings (SSSR count). The van der Waals surface area contributed by atoms with Gasteiger partial charge in [0.2, 0.25) is 0 Å². The van der Waals surface area contributed by atoms with E-state index in [-0.39, 0.29) is 29.1 Å². The Bertz CT molecular complexity index is 585. The number of carbonyl (C=O) groups excluding carboxylic acids is 1. The quantitative estimate of drug-likeness (QED) is 0.429. The smallest absolute Gasteiger partial charge is 0.338 e. The molecule has 0 aliphatic carbocycles. The summed E-state index contributed by atoms with van der Waals surface area (Å²) in [5, 5.41) is 0. The van der Waals surface area contributed by atoms with Gasteiger partial charge in [-0.1, -0.05) is 36.9 Å². The zero-order valence-corrected chi connectivity index (χ0v) is 16.5. The molecule has 0 radical (unpaired) electrons. The molecule has 2 atom stereocenters. The maximum absolute atomic E-state index is 12.4. The first-order valence-corrected chi connectivity index (χ1v) is 8.73. The molecule has 2 bridgehead atoms. The van der Waals surface area contributed by atoms with Gasteiger partial charge in [-0.15, -0.1) is 0 Å². The van der Waals surface area contributed by atoms with Gasteiger partial charge in [0, 0.05) is 25.7 Å². The van der Waals surface area contributed by atoms with Crippen LogP contribution in [-0.4, -0.2) is 41.7 Å². The first kappa shape index (κ1) is 19.2. The largest absolute Gasteiger partial charge is 1.00 e. The third-order valence-electron chi connectivity index (χ3n) is 6.23. The van der Waals surface area contributed by atoms with Gasteiger partial charge >= 0.3 is 5.97 Å². The number of esters is 1. The van der Waals surface area contributed by atoms with Crippen LogP contribution in [0, 0.1) is 0 Å². The van der Waals surface area contributed by atoms with E-state index < -0.39 is 0 Å². The second kappa shape index (κ2) is 7.40. The van der Waals surface area contributed by atoms with E-state index in [0.717, 1.165) is 22.9 Å². The van der Waals surface area contributed by atoms with Crippen molar-refractivity contribution in [3.63, 3.8) is 0 Å². The Morgan fingerprint density at radius 3 is 2.21 bits per heavy atom. The summed E-state index contributed by atoms with van der Waals surface area (Å²) in [6.07, 6.45) is 4.53. The predicted molar refractivity (Wildman–Crippen MR) is 92.7 cm³/mol. The molecule has 2 unspecified atom stereocenters. The fraction of sp³-hybridized carbons (Fsp3) is 0.550. The molecule has 0 aromatic heterocycles. The molecule has 3 nitrogen and oxygen atoms in total. The summed E-state index contributed by atoms with van der Waals surface area (Å²) in [7, 11) is 2.38. The summed E-state index contributed by atoms with van der Waals surface area (Å²) in [4.78, 5) is 12.4. The highest BCUT2D eigenvalue weighted by Crippen LogP contribution is 2.44. The van der Waals surface area contributed by atoms with Crippen LogP contribution in [0.15, 0.2) is 36.9 Å². The SMILES string of the molecule is C=C(C(=O)OC1CC2CCC(C1)[N+]2(C)C(C)C)c1ccccc1.[Br-]. The molecule has 0 N–H and O–H groups in total. The second-order valence-corrected chi connectivity index (χ2v) is 7.54. The Kier molecular flexibility index (Phi) is 5.92. The van der Waals surface area contributed by atoms with Crippen LogP contribution in [0.3, 0.4) is 0 Å². The molecule has 2 heterocycles. The fourth-order valence-electron chi connectivity index (χ4n) is 4.55. The van der Waals surface area contributed by atoms with Gasteiger partial charge in [-0.3, -0.25) is 0 Å². The van der Waals surface area contributed by atoms with Gasteiger partial charge in [-0.2, -0.15) is 0 Å². The molecule has 1 aromatic carbocycles. The highest BCUT2D eigenvalue weighted by molar-refractivity contribution is 6.15. The Balaban J connectivity index is 0.00000208. The van der Waals surface area contributed by atoms with E-state index in [4.69, 9.17) is 4.74 Å². The number of carbonyl (C=O) groups is 1. The molecule has 2 aliphatic heterocycles. The number of rotatable bonds is 4. The van der Waals surface area contributed by atoms with Crippen molar-refractivity contribution in [2.75, 3.05) is 7.05 Å². The third-order valence-corrected chi connectivity index (χ3v) is 6.23. The average Bonchev–Trinajstić information content (AvgIpc) is 2.73. The van der Waals surface area contributed by atoms with Crippen molar-refractivity contribution in [2.45, 2.75) is 63.8 Å². The Hall–Kier alpha value is -1.13. The molecule has 0 amide bonds. The number of fused-ring (bicyclic) bond motifs is 2. The fourth-order valence-corrected chi connectivity index (χ4v) is 4.55. The van der Waals surface area contributed by atoms with Crippen molar-refractivity contribution < 1.29 is 31.0 Å². The van der Waals surface area contributed by atoms with Crippen molar-refractivity contribution in [3.8, 4) is 0 Å². The highest BCUT2D eigenvalue weighted by atomic mass is 79.9. The summed E-state index contributed by atoms with van der Waals surface area (Å²) < 4.78 is 6.96. The number of ether oxygens (including phenoxy) is 1. The zero-order valence-electron chi connectivity index (χ0n) is 14.9. The number of hydrogen-bond acceptors (Lipinski definition) is 2. The van der Waals surface area contributed by atoms with Crippen LogP contribution in [0.1, 0.15) is 45.1 Å². The van der Waals surface area contributed by atoms with Crippen molar-refractivity contribution >= 4 is 11.5 Å². The molecule has 0 spiro atoms. The van der Waals surface area contributed by atoms with Crippen LogP contribution in [0.2, 0.25) is 0 Å². The standard InChI is InChI=1S/C20H28NO2.BrH/c1-14(2)21(4)17-10-11-18(21)13-19(12-17)23-20(22)15(3)16-8-6-5-7-9-16;/h5-9,14,17-19H,3,10-13H2,1-2,4H3;1H/q+1;/p-1. The van der Waals surface area contributed by atoms with Gasteiger partial charge in [-0.25, -0.2) is 4.79 Å². The number of nitrogens with zero attached hydrogens (tertiary/aromatic N) is 1. The molecular weight excluding hydrogens is 366 g/mol. The molecule has 4 heteroatoms. The van der Waals surface area contributed by atoms with Crippen molar-refractivity contribution in [1.82, 2.24) is 0 Å². The number of halogens is 1. The molecule has 2 aliphatic rings. The molecular formula is C20H28BrNO2. The van der Waals surface area contributed by atoms with E-state index >= 15 is 0 Å². The first-order valence-electron chi connectivity index (χ1n) is 8.73. The van der Waals surface area contributed by atoms with E-state index in [9.17, 15) is 4.79 Å². The summed E-state index contributed by atoms with van der Waals surface area (Å²) >= 11 is 0. The van der Waals surface area contributed by atoms with Crippen LogP contribution in [-0.2, 0) is 9.53 Å². The number of benzene rings is 1. The minimum atomic E-state index is -0.263. The Morgan fingerprint density at radius 2 is 1.71 bits per heavy atom. The van der Waals surface area contributed by atoms with E-state index in [0.29, 0.717) is 23.7 Å². The number of quaternary nitrogens is 1. The van der Waals surface area contributed by atoms with Crippen LogP contribution in [0.25, 0.3) is 5.57 Å². The zero-order chi connectivity index (χ0) is 16.6. The van der Waals surface area contributed by atoms with Gasteiger partial charge < -0.3 is 26.2 Å². The number of hydrogen-bond donors (Lipinski definition) is 0.